The Bertz CT molecular complexity index is 1570. The number of nitrogens with one attached hydrogen (secondary N) is 3. The molecular formula is C31H37FN8O3S. The van der Waals surface area contributed by atoms with E-state index in [1.165, 1.54) is 34.1 Å². The molecule has 44 heavy (non-hydrogen) atoms. The number of anilines is 1. The van der Waals surface area contributed by atoms with E-state index in [2.05, 4.69) is 45.5 Å². The molecule has 0 saturated heterocycles. The lowest BCUT2D eigenvalue weighted by Crippen LogP contribution is -2.45. The number of aromatic nitrogens is 5. The summed E-state index contributed by atoms with van der Waals surface area (Å²) in [5.74, 6) is 0.268. The van der Waals surface area contributed by atoms with Crippen LogP contribution in [0.3, 0.4) is 0 Å². The van der Waals surface area contributed by atoms with Crippen molar-refractivity contribution in [1.82, 2.24) is 35.8 Å². The van der Waals surface area contributed by atoms with Gasteiger partial charge in [-0.15, -0.1) is 5.10 Å². The molecule has 232 valence electrons. The molecule has 2 aromatic heterocycles. The molecule has 11 nitrogen and oxygen atoms in total. The first-order valence-corrected chi connectivity index (χ1v) is 16.1. The van der Waals surface area contributed by atoms with Crippen LogP contribution in [0.4, 0.5) is 10.2 Å². The molecule has 13 heteroatoms. The molecule has 1 amide bonds. The Kier molecular flexibility index (Phi) is 9.36. The molecule has 6 unspecified atom stereocenters. The lowest BCUT2D eigenvalue weighted by Gasteiger charge is -2.17. The van der Waals surface area contributed by atoms with E-state index in [1.54, 1.807) is 12.1 Å². The number of hydrazine groups is 1. The summed E-state index contributed by atoms with van der Waals surface area (Å²) in [7, 11) is 0. The average Bonchev–Trinajstić information content (AvgIpc) is 3.58. The largest absolute Gasteiger partial charge is 0.390 e. The summed E-state index contributed by atoms with van der Waals surface area (Å²) in [6.07, 6.45) is 1.01. The van der Waals surface area contributed by atoms with Crippen LogP contribution in [0.2, 0.25) is 0 Å². The number of thioether (sulfide) groups is 1. The summed E-state index contributed by atoms with van der Waals surface area (Å²) < 4.78 is 14.6. The van der Waals surface area contributed by atoms with Gasteiger partial charge in [0, 0.05) is 24.3 Å². The Morgan fingerprint density at radius 1 is 1.07 bits per heavy atom. The number of nitrogens with zero attached hydrogens (tertiary/aromatic N) is 5. The average molecular weight is 621 g/mol. The first kappa shape index (κ1) is 30.4. The van der Waals surface area contributed by atoms with Crippen molar-refractivity contribution in [2.24, 2.45) is 5.92 Å². The number of benzene rings is 2. The summed E-state index contributed by atoms with van der Waals surface area (Å²) >= 11 is 1.54. The lowest BCUT2D eigenvalue weighted by molar-refractivity contribution is -0.129. The summed E-state index contributed by atoms with van der Waals surface area (Å²) in [5, 5.41) is 34.7. The van der Waals surface area contributed by atoms with Gasteiger partial charge in [-0.2, -0.15) is 0 Å². The second-order valence-electron chi connectivity index (χ2n) is 11.4. The molecule has 0 bridgehead atoms. The van der Waals surface area contributed by atoms with Crippen LogP contribution >= 0.6 is 11.8 Å². The Morgan fingerprint density at radius 2 is 1.86 bits per heavy atom. The molecule has 2 heterocycles. The van der Waals surface area contributed by atoms with Crippen molar-refractivity contribution < 1.29 is 19.4 Å². The predicted octanol–water partition coefficient (Wildman–Crippen LogP) is 3.37. The maximum atomic E-state index is 13.1. The van der Waals surface area contributed by atoms with E-state index in [0.717, 1.165) is 37.0 Å². The molecule has 2 fully saturated rings. The van der Waals surface area contributed by atoms with Gasteiger partial charge in [0.05, 0.1) is 18.1 Å². The smallest absolute Gasteiger partial charge is 0.239 e. The molecule has 2 aliphatic carbocycles. The zero-order valence-corrected chi connectivity index (χ0v) is 25.3. The lowest BCUT2D eigenvalue weighted by atomic mass is 10.1. The minimum atomic E-state index is -1.29. The summed E-state index contributed by atoms with van der Waals surface area (Å²) in [4.78, 5) is 22.5. The van der Waals surface area contributed by atoms with Crippen LogP contribution in [0.5, 0.6) is 0 Å². The highest BCUT2D eigenvalue weighted by molar-refractivity contribution is 7.99. The Labute approximate surface area is 259 Å². The van der Waals surface area contributed by atoms with E-state index in [-0.39, 0.29) is 18.3 Å². The number of amides is 1. The number of aryl methyl sites for hydroxylation is 1. The molecule has 0 spiro atoms. The van der Waals surface area contributed by atoms with E-state index < -0.39 is 30.1 Å². The fourth-order valence-corrected chi connectivity index (χ4v) is 6.47. The number of hydrogen-bond acceptors (Lipinski definition) is 10. The van der Waals surface area contributed by atoms with Crippen LogP contribution in [0, 0.1) is 11.7 Å². The molecule has 2 aliphatic rings. The number of halogens is 1. The van der Waals surface area contributed by atoms with Crippen molar-refractivity contribution in [2.45, 2.75) is 74.4 Å². The van der Waals surface area contributed by atoms with Crippen LogP contribution in [0.25, 0.3) is 11.2 Å². The second-order valence-corrected chi connectivity index (χ2v) is 12.5. The predicted molar refractivity (Wildman–Crippen MR) is 165 cm³/mol. The molecule has 2 saturated carbocycles. The van der Waals surface area contributed by atoms with Crippen molar-refractivity contribution in [1.29, 1.82) is 0 Å². The van der Waals surface area contributed by atoms with Gasteiger partial charge in [-0.25, -0.2) is 24.5 Å². The summed E-state index contributed by atoms with van der Waals surface area (Å²) in [6.45, 7) is 2.58. The Hall–Kier alpha value is -3.65. The number of hydrogen-bond donors (Lipinski definition) is 5. The molecular weight excluding hydrogens is 583 g/mol. The minimum Gasteiger partial charge on any atom is -0.390 e. The fraction of sp³-hybridized carbons (Fsp3) is 0.452. The highest BCUT2D eigenvalue weighted by Crippen LogP contribution is 2.43. The maximum absolute atomic E-state index is 13.1. The van der Waals surface area contributed by atoms with Gasteiger partial charge in [0.15, 0.2) is 22.1 Å². The van der Waals surface area contributed by atoms with Crippen LogP contribution in [-0.4, -0.2) is 71.6 Å². The molecule has 0 aliphatic heterocycles. The van der Waals surface area contributed by atoms with Crippen molar-refractivity contribution >= 4 is 34.7 Å². The van der Waals surface area contributed by atoms with E-state index in [0.29, 0.717) is 34.6 Å². The zero-order chi connectivity index (χ0) is 30.6. The third-order valence-electron chi connectivity index (χ3n) is 8.27. The quantitative estimate of drug-likeness (QED) is 0.0652. The molecule has 6 atom stereocenters. The van der Waals surface area contributed by atoms with Gasteiger partial charge in [0.25, 0.3) is 0 Å². The van der Waals surface area contributed by atoms with E-state index >= 15 is 0 Å². The van der Waals surface area contributed by atoms with Crippen molar-refractivity contribution in [2.75, 3.05) is 17.6 Å². The van der Waals surface area contributed by atoms with Crippen LogP contribution < -0.4 is 16.2 Å². The van der Waals surface area contributed by atoms with Crippen molar-refractivity contribution in [3.8, 4) is 0 Å². The van der Waals surface area contributed by atoms with Gasteiger partial charge in [-0.3, -0.25) is 10.2 Å². The summed E-state index contributed by atoms with van der Waals surface area (Å²) in [5.41, 5.74) is 8.77. The third-order valence-corrected chi connectivity index (χ3v) is 9.33. The Morgan fingerprint density at radius 3 is 2.64 bits per heavy atom. The molecule has 5 N–H and O–H groups in total. The fourth-order valence-electron chi connectivity index (χ4n) is 5.78. The van der Waals surface area contributed by atoms with E-state index in [1.807, 2.05) is 18.2 Å². The molecule has 6 rings (SSSR count). The maximum Gasteiger partial charge on any atom is 0.239 e. The zero-order valence-electron chi connectivity index (χ0n) is 24.4. The molecule has 4 aromatic rings. The number of fused-ring (bicyclic) bond motifs is 1. The first-order chi connectivity index (χ1) is 21.4. The van der Waals surface area contributed by atoms with Crippen LogP contribution in [-0.2, 0) is 11.2 Å². The Balaban J connectivity index is 1.12. The number of aliphatic hydroxyl groups is 2. The van der Waals surface area contributed by atoms with Crippen LogP contribution in [0.15, 0.2) is 59.8 Å². The standard InChI is InChI=1S/C31H37FN8O3S/c1-2-15-44-31-35-28(34-23-16-21(23)19-8-4-3-5-9-19)25-29(36-31)40(39-37-25)24-17-22(26(41)27(24)42)30(43)38-33-14-6-7-18-10-12-20(32)13-11-18/h3-5,8-13,21-24,26-27,33,41-42H,2,6-7,14-17H2,1H3,(H,38,43)(H,34,35,36). The van der Waals surface area contributed by atoms with Crippen molar-refractivity contribution in [3.05, 3.63) is 71.5 Å². The van der Waals surface area contributed by atoms with Gasteiger partial charge in [0.1, 0.15) is 11.9 Å². The highest BCUT2D eigenvalue weighted by atomic mass is 32.2. The SMILES string of the molecule is CCCSc1nc(NC2CC2c2ccccc2)c2nnn(C3CC(C(=O)NNCCCc4ccc(F)cc4)C(O)C3O)c2n1. The number of carbonyl (C=O) groups excluding carboxylic acids is 1. The third kappa shape index (κ3) is 6.70. The second kappa shape index (κ2) is 13.6. The van der Waals surface area contributed by atoms with E-state index in [4.69, 9.17) is 9.97 Å². The monoisotopic (exact) mass is 620 g/mol. The minimum absolute atomic E-state index is 0.160. The highest BCUT2D eigenvalue weighted by Gasteiger charge is 2.47. The van der Waals surface area contributed by atoms with Gasteiger partial charge in [0.2, 0.25) is 5.91 Å². The topological polar surface area (TPSA) is 150 Å². The van der Waals surface area contributed by atoms with Crippen LogP contribution in [0.1, 0.15) is 55.7 Å². The van der Waals surface area contributed by atoms with Gasteiger partial charge >= 0.3 is 0 Å². The van der Waals surface area contributed by atoms with Gasteiger partial charge in [-0.1, -0.05) is 66.4 Å². The molecule has 0 radical (unpaired) electrons. The molecule has 2 aromatic carbocycles. The summed E-state index contributed by atoms with van der Waals surface area (Å²) in [6, 6.07) is 16.2. The van der Waals surface area contributed by atoms with Crippen molar-refractivity contribution in [3.63, 3.8) is 0 Å². The first-order valence-electron chi connectivity index (χ1n) is 15.1. The normalized spacial score (nSPS) is 24.5. The number of aliphatic hydroxyl groups excluding tert-OH is 2. The van der Waals surface area contributed by atoms with Gasteiger partial charge in [-0.05, 0) is 55.4 Å². The van der Waals surface area contributed by atoms with E-state index in [9.17, 15) is 19.4 Å². The number of carbonyl (C=O) groups is 1. The van der Waals surface area contributed by atoms with Gasteiger partial charge < -0.3 is 15.5 Å². The number of rotatable bonds is 13.